The Morgan fingerprint density at radius 3 is 2.81 bits per heavy atom. The van der Waals surface area contributed by atoms with Crippen molar-refractivity contribution in [1.82, 2.24) is 4.98 Å². The number of hydrogen-bond donors (Lipinski definition) is 2. The Labute approximate surface area is 167 Å². The van der Waals surface area contributed by atoms with Gasteiger partial charge in [-0.2, -0.15) is 0 Å². The van der Waals surface area contributed by atoms with Crippen LogP contribution in [0.15, 0.2) is 23.6 Å². The van der Waals surface area contributed by atoms with Gasteiger partial charge in [-0.05, 0) is 30.5 Å². The Morgan fingerprint density at radius 2 is 2.11 bits per heavy atom. The summed E-state index contributed by atoms with van der Waals surface area (Å²) in [6.45, 7) is 4.61. The normalized spacial score (nSPS) is 10.6. The zero-order chi connectivity index (χ0) is 19.8. The largest absolute Gasteiger partial charge is 0.495 e. The van der Waals surface area contributed by atoms with E-state index < -0.39 is 18.5 Å². The molecule has 1 aromatic carbocycles. The topological polar surface area (TPSA) is 89.5 Å². The SMILES string of the molecule is COc1ccc(Cl)cc1NC(=O)COC(=O)c1csc(NCCC(C)C)n1. The molecule has 1 heterocycles. The molecule has 2 N–H and O–H groups in total. The number of nitrogens with zero attached hydrogens (tertiary/aromatic N) is 1. The maximum atomic E-state index is 12.0. The minimum Gasteiger partial charge on any atom is -0.495 e. The van der Waals surface area contributed by atoms with E-state index in [0.717, 1.165) is 13.0 Å². The van der Waals surface area contributed by atoms with Crippen molar-refractivity contribution in [3.8, 4) is 5.75 Å². The molecule has 2 rings (SSSR count). The van der Waals surface area contributed by atoms with Crippen LogP contribution in [0.3, 0.4) is 0 Å². The fourth-order valence-corrected chi connectivity index (χ4v) is 2.97. The number of esters is 1. The first-order chi connectivity index (χ1) is 12.9. The van der Waals surface area contributed by atoms with Gasteiger partial charge in [-0.3, -0.25) is 4.79 Å². The summed E-state index contributed by atoms with van der Waals surface area (Å²) in [7, 11) is 1.48. The van der Waals surface area contributed by atoms with E-state index in [4.69, 9.17) is 21.1 Å². The van der Waals surface area contributed by atoms with Crippen LogP contribution in [0, 0.1) is 5.92 Å². The third kappa shape index (κ3) is 6.73. The van der Waals surface area contributed by atoms with E-state index in [-0.39, 0.29) is 5.69 Å². The molecule has 0 bridgehead atoms. The van der Waals surface area contributed by atoms with Crippen LogP contribution >= 0.6 is 22.9 Å². The summed E-state index contributed by atoms with van der Waals surface area (Å²) in [5, 5.41) is 8.45. The summed E-state index contributed by atoms with van der Waals surface area (Å²) in [6.07, 6.45) is 1.01. The van der Waals surface area contributed by atoms with Gasteiger partial charge in [0.2, 0.25) is 0 Å². The number of thiazole rings is 1. The molecule has 0 fully saturated rings. The minimum atomic E-state index is -0.656. The van der Waals surface area contributed by atoms with E-state index in [1.165, 1.54) is 18.4 Å². The molecule has 27 heavy (non-hydrogen) atoms. The Bertz CT molecular complexity index is 795. The molecule has 2 aromatic rings. The molecule has 7 nitrogen and oxygen atoms in total. The molecule has 0 radical (unpaired) electrons. The van der Waals surface area contributed by atoms with Crippen LogP contribution in [0.5, 0.6) is 5.75 Å². The van der Waals surface area contributed by atoms with Crippen molar-refractivity contribution in [3.05, 3.63) is 34.3 Å². The Hall–Kier alpha value is -2.32. The number of aromatic nitrogens is 1. The second kappa shape index (κ2) is 10.1. The molecule has 0 atom stereocenters. The number of methoxy groups -OCH3 is 1. The predicted octanol–water partition coefficient (Wildman–Crippen LogP) is 4.06. The highest BCUT2D eigenvalue weighted by Crippen LogP contribution is 2.27. The van der Waals surface area contributed by atoms with Gasteiger partial charge in [0, 0.05) is 16.9 Å². The Morgan fingerprint density at radius 1 is 1.33 bits per heavy atom. The van der Waals surface area contributed by atoms with E-state index in [0.29, 0.717) is 27.5 Å². The van der Waals surface area contributed by atoms with E-state index in [2.05, 4.69) is 29.5 Å². The number of hydrogen-bond acceptors (Lipinski definition) is 7. The van der Waals surface area contributed by atoms with Crippen molar-refractivity contribution in [2.45, 2.75) is 20.3 Å². The number of rotatable bonds is 9. The lowest BCUT2D eigenvalue weighted by Crippen LogP contribution is -2.21. The van der Waals surface area contributed by atoms with Crippen LogP contribution in [0.1, 0.15) is 30.8 Å². The molecular weight excluding hydrogens is 390 g/mol. The molecule has 0 spiro atoms. The average molecular weight is 412 g/mol. The number of halogens is 1. The quantitative estimate of drug-likeness (QED) is 0.605. The first-order valence-corrected chi connectivity index (χ1v) is 9.64. The fraction of sp³-hybridized carbons (Fsp3) is 0.389. The standard InChI is InChI=1S/C18H22ClN3O4S/c1-11(2)6-7-20-18-22-14(10-27-18)17(24)26-9-16(23)21-13-8-12(19)4-5-15(13)25-3/h4-5,8,10-11H,6-7,9H2,1-3H3,(H,20,22)(H,21,23). The first kappa shape index (κ1) is 21.0. The maximum absolute atomic E-state index is 12.0. The van der Waals surface area contributed by atoms with E-state index in [1.54, 1.807) is 23.6 Å². The molecule has 0 saturated heterocycles. The van der Waals surface area contributed by atoms with Crippen molar-refractivity contribution in [2.75, 3.05) is 30.9 Å². The number of amides is 1. The average Bonchev–Trinajstić information content (AvgIpc) is 3.08. The molecule has 146 valence electrons. The van der Waals surface area contributed by atoms with Crippen molar-refractivity contribution >= 4 is 45.6 Å². The van der Waals surface area contributed by atoms with Gasteiger partial charge < -0.3 is 20.1 Å². The van der Waals surface area contributed by atoms with Gasteiger partial charge in [0.1, 0.15) is 5.75 Å². The van der Waals surface area contributed by atoms with Gasteiger partial charge in [-0.25, -0.2) is 9.78 Å². The maximum Gasteiger partial charge on any atom is 0.358 e. The lowest BCUT2D eigenvalue weighted by Gasteiger charge is -2.10. The highest BCUT2D eigenvalue weighted by Gasteiger charge is 2.15. The molecule has 0 unspecified atom stereocenters. The molecule has 0 aliphatic heterocycles. The highest BCUT2D eigenvalue weighted by molar-refractivity contribution is 7.13. The summed E-state index contributed by atoms with van der Waals surface area (Å²) in [4.78, 5) is 28.2. The first-order valence-electron chi connectivity index (χ1n) is 8.39. The molecule has 9 heteroatoms. The number of carbonyl (C=O) groups excluding carboxylic acids is 2. The lowest BCUT2D eigenvalue weighted by atomic mass is 10.1. The lowest BCUT2D eigenvalue weighted by molar-refractivity contribution is -0.119. The monoisotopic (exact) mass is 411 g/mol. The summed E-state index contributed by atoms with van der Waals surface area (Å²) < 4.78 is 10.2. The van der Waals surface area contributed by atoms with Gasteiger partial charge in [0.15, 0.2) is 17.4 Å². The molecule has 0 aliphatic carbocycles. The fourth-order valence-electron chi connectivity index (χ4n) is 2.09. The van der Waals surface area contributed by atoms with Gasteiger partial charge in [-0.1, -0.05) is 25.4 Å². The van der Waals surface area contributed by atoms with Gasteiger partial charge in [0.05, 0.1) is 12.8 Å². The molecule has 1 aromatic heterocycles. The number of carbonyl (C=O) groups is 2. The van der Waals surface area contributed by atoms with Crippen LogP contribution in [-0.4, -0.2) is 37.1 Å². The molecular formula is C18H22ClN3O4S. The second-order valence-corrected chi connectivity index (χ2v) is 7.41. The van der Waals surface area contributed by atoms with Crippen LogP contribution in [0.4, 0.5) is 10.8 Å². The minimum absolute atomic E-state index is 0.167. The van der Waals surface area contributed by atoms with Crippen LogP contribution in [0.2, 0.25) is 5.02 Å². The molecule has 0 aliphatic rings. The summed E-state index contributed by atoms with van der Waals surface area (Å²) >= 11 is 7.23. The number of anilines is 2. The molecule has 0 saturated carbocycles. The van der Waals surface area contributed by atoms with E-state index in [9.17, 15) is 9.59 Å². The zero-order valence-electron chi connectivity index (χ0n) is 15.4. The predicted molar refractivity (Wildman–Crippen MR) is 107 cm³/mol. The van der Waals surface area contributed by atoms with Crippen molar-refractivity contribution < 1.29 is 19.1 Å². The van der Waals surface area contributed by atoms with E-state index >= 15 is 0 Å². The van der Waals surface area contributed by atoms with E-state index in [1.807, 2.05) is 0 Å². The summed E-state index contributed by atoms with van der Waals surface area (Å²) in [5.41, 5.74) is 0.566. The summed E-state index contributed by atoms with van der Waals surface area (Å²) in [5.74, 6) is -0.125. The Balaban J connectivity index is 1.84. The number of benzene rings is 1. The van der Waals surface area contributed by atoms with Crippen molar-refractivity contribution in [3.63, 3.8) is 0 Å². The Kier molecular flexibility index (Phi) is 7.87. The smallest absolute Gasteiger partial charge is 0.358 e. The number of nitrogens with one attached hydrogen (secondary N) is 2. The number of ether oxygens (including phenoxy) is 2. The second-order valence-electron chi connectivity index (χ2n) is 6.12. The third-order valence-corrected chi connectivity index (χ3v) is 4.52. The van der Waals surface area contributed by atoms with Crippen LogP contribution < -0.4 is 15.4 Å². The van der Waals surface area contributed by atoms with Gasteiger partial charge >= 0.3 is 5.97 Å². The molecule has 1 amide bonds. The van der Waals surface area contributed by atoms with Crippen molar-refractivity contribution in [1.29, 1.82) is 0 Å². The van der Waals surface area contributed by atoms with Crippen LogP contribution in [-0.2, 0) is 9.53 Å². The third-order valence-electron chi connectivity index (χ3n) is 3.48. The highest BCUT2D eigenvalue weighted by atomic mass is 35.5. The van der Waals surface area contributed by atoms with Gasteiger partial charge in [-0.15, -0.1) is 11.3 Å². The zero-order valence-corrected chi connectivity index (χ0v) is 16.9. The summed E-state index contributed by atoms with van der Waals surface area (Å²) in [6, 6.07) is 4.83. The van der Waals surface area contributed by atoms with Crippen LogP contribution in [0.25, 0.3) is 0 Å². The van der Waals surface area contributed by atoms with Crippen molar-refractivity contribution in [2.24, 2.45) is 5.92 Å². The van der Waals surface area contributed by atoms with Gasteiger partial charge in [0.25, 0.3) is 5.91 Å².